The molecule has 5 nitrogen and oxygen atoms in total. The van der Waals surface area contributed by atoms with Gasteiger partial charge in [-0.2, -0.15) is 0 Å². The maximum Gasteiger partial charge on any atom is 0.410 e. The van der Waals surface area contributed by atoms with Gasteiger partial charge in [-0.25, -0.2) is 4.79 Å². The molecule has 0 saturated carbocycles. The SMILES string of the molecule is CC(C)(C)OC(=O)N1CC[C@@H](O)[C@H](n2c3ccc(Cl)cc3c3cc(Cl)ccc32)C1. The van der Waals surface area contributed by atoms with Gasteiger partial charge in [-0.15, -0.1) is 0 Å². The second-order valence-corrected chi connectivity index (χ2v) is 9.42. The van der Waals surface area contributed by atoms with Crippen molar-refractivity contribution in [2.75, 3.05) is 13.1 Å². The van der Waals surface area contributed by atoms with Gasteiger partial charge in [-0.1, -0.05) is 23.2 Å². The van der Waals surface area contributed by atoms with Crippen molar-refractivity contribution < 1.29 is 14.6 Å². The molecule has 0 bridgehead atoms. The molecule has 1 aliphatic heterocycles. The van der Waals surface area contributed by atoms with Gasteiger partial charge in [0.15, 0.2) is 0 Å². The van der Waals surface area contributed by atoms with Gasteiger partial charge in [0.25, 0.3) is 0 Å². The van der Waals surface area contributed by atoms with Crippen molar-refractivity contribution in [3.63, 3.8) is 0 Å². The van der Waals surface area contributed by atoms with Crippen molar-refractivity contribution in [3.05, 3.63) is 46.4 Å². The van der Waals surface area contributed by atoms with Crippen LogP contribution in [0.15, 0.2) is 36.4 Å². The zero-order chi connectivity index (χ0) is 20.9. The lowest BCUT2D eigenvalue weighted by molar-refractivity contribution is -0.00417. The van der Waals surface area contributed by atoms with Crippen molar-refractivity contribution >= 4 is 51.1 Å². The summed E-state index contributed by atoms with van der Waals surface area (Å²) in [4.78, 5) is 14.3. The minimum absolute atomic E-state index is 0.307. The molecule has 7 heteroatoms. The van der Waals surface area contributed by atoms with Gasteiger partial charge in [0.05, 0.1) is 12.1 Å². The quantitative estimate of drug-likeness (QED) is 0.538. The number of aromatic nitrogens is 1. The normalized spacial score (nSPS) is 20.4. The fourth-order valence-corrected chi connectivity index (χ4v) is 4.36. The van der Waals surface area contributed by atoms with Crippen LogP contribution in [-0.2, 0) is 4.74 Å². The third kappa shape index (κ3) is 3.91. The molecule has 1 fully saturated rings. The van der Waals surface area contributed by atoms with E-state index in [2.05, 4.69) is 4.57 Å². The van der Waals surface area contributed by atoms with Crippen molar-refractivity contribution in [1.82, 2.24) is 9.47 Å². The van der Waals surface area contributed by atoms with E-state index < -0.39 is 11.7 Å². The van der Waals surface area contributed by atoms with E-state index in [-0.39, 0.29) is 12.1 Å². The topological polar surface area (TPSA) is 54.7 Å². The van der Waals surface area contributed by atoms with Crippen molar-refractivity contribution in [2.24, 2.45) is 0 Å². The molecule has 1 N–H and O–H groups in total. The van der Waals surface area contributed by atoms with Gasteiger partial charge in [0.2, 0.25) is 0 Å². The molecule has 2 heterocycles. The highest BCUT2D eigenvalue weighted by Crippen LogP contribution is 2.37. The van der Waals surface area contributed by atoms with Gasteiger partial charge in [0.1, 0.15) is 5.60 Å². The predicted octanol–water partition coefficient (Wildman–Crippen LogP) is 5.64. The van der Waals surface area contributed by atoms with Crippen LogP contribution in [-0.4, -0.2) is 45.5 Å². The predicted molar refractivity (Wildman–Crippen MR) is 117 cm³/mol. The summed E-state index contributed by atoms with van der Waals surface area (Å²) in [6.45, 7) is 6.37. The molecule has 1 aliphatic rings. The van der Waals surface area contributed by atoms with Gasteiger partial charge < -0.3 is 19.3 Å². The molecule has 1 saturated heterocycles. The highest BCUT2D eigenvalue weighted by Gasteiger charge is 2.35. The number of aliphatic hydroxyl groups is 1. The molecule has 0 radical (unpaired) electrons. The fourth-order valence-electron chi connectivity index (χ4n) is 4.02. The third-order valence-corrected chi connectivity index (χ3v) is 5.73. The summed E-state index contributed by atoms with van der Waals surface area (Å²) in [5.74, 6) is 0. The van der Waals surface area contributed by atoms with E-state index in [1.165, 1.54) is 0 Å². The molecular weight excluding hydrogens is 411 g/mol. The Morgan fingerprint density at radius 1 is 1.07 bits per heavy atom. The Morgan fingerprint density at radius 2 is 1.62 bits per heavy atom. The van der Waals surface area contributed by atoms with Crippen LogP contribution < -0.4 is 0 Å². The second kappa shape index (κ2) is 7.38. The number of carbonyl (C=O) groups is 1. The number of likely N-dealkylation sites (tertiary alicyclic amines) is 1. The first-order valence-electron chi connectivity index (χ1n) is 9.69. The highest BCUT2D eigenvalue weighted by molar-refractivity contribution is 6.33. The van der Waals surface area contributed by atoms with Crippen LogP contribution in [0.2, 0.25) is 10.0 Å². The fraction of sp³-hybridized carbons (Fsp3) is 0.409. The number of carbonyl (C=O) groups excluding carboxylic acids is 1. The van der Waals surface area contributed by atoms with Gasteiger partial charge in [-0.05, 0) is 63.6 Å². The minimum Gasteiger partial charge on any atom is -0.444 e. The lowest BCUT2D eigenvalue weighted by Crippen LogP contribution is -2.48. The van der Waals surface area contributed by atoms with E-state index in [1.807, 2.05) is 57.2 Å². The average molecular weight is 435 g/mol. The Bertz CT molecular complexity index is 1030. The van der Waals surface area contributed by atoms with Crippen LogP contribution >= 0.6 is 23.2 Å². The first kappa shape index (κ1) is 20.3. The van der Waals surface area contributed by atoms with E-state index in [1.54, 1.807) is 4.90 Å². The number of benzene rings is 2. The molecule has 154 valence electrons. The summed E-state index contributed by atoms with van der Waals surface area (Å²) < 4.78 is 7.64. The molecule has 0 unspecified atom stereocenters. The summed E-state index contributed by atoms with van der Waals surface area (Å²) >= 11 is 12.5. The van der Waals surface area contributed by atoms with Crippen LogP contribution in [0, 0.1) is 0 Å². The molecule has 0 spiro atoms. The number of aliphatic hydroxyl groups excluding tert-OH is 1. The Morgan fingerprint density at radius 3 is 2.14 bits per heavy atom. The first-order valence-corrected chi connectivity index (χ1v) is 10.4. The van der Waals surface area contributed by atoms with Crippen LogP contribution in [0.5, 0.6) is 0 Å². The van der Waals surface area contributed by atoms with Crippen molar-refractivity contribution in [1.29, 1.82) is 0 Å². The summed E-state index contributed by atoms with van der Waals surface area (Å²) in [5, 5.41) is 14.1. The number of amides is 1. The molecular formula is C22H24Cl2N2O3. The molecule has 2 aromatic carbocycles. The molecule has 3 aromatic rings. The van der Waals surface area contributed by atoms with Crippen molar-refractivity contribution in [3.8, 4) is 0 Å². The van der Waals surface area contributed by atoms with E-state index in [0.29, 0.717) is 29.6 Å². The molecule has 1 amide bonds. The number of fused-ring (bicyclic) bond motifs is 3. The monoisotopic (exact) mass is 434 g/mol. The zero-order valence-corrected chi connectivity index (χ0v) is 18.2. The number of rotatable bonds is 1. The Labute approximate surface area is 179 Å². The third-order valence-electron chi connectivity index (χ3n) is 5.26. The molecule has 2 atom stereocenters. The summed E-state index contributed by atoms with van der Waals surface area (Å²) in [6.07, 6.45) is -0.466. The first-order chi connectivity index (χ1) is 13.6. The average Bonchev–Trinajstić information content (AvgIpc) is 2.93. The Kier molecular flexibility index (Phi) is 5.18. The number of hydrogen-bond donors (Lipinski definition) is 1. The van der Waals surface area contributed by atoms with Gasteiger partial charge in [-0.3, -0.25) is 0 Å². The smallest absolute Gasteiger partial charge is 0.410 e. The van der Waals surface area contributed by atoms with Crippen molar-refractivity contribution in [2.45, 2.75) is 44.9 Å². The van der Waals surface area contributed by atoms with Crippen LogP contribution in [0.4, 0.5) is 4.79 Å². The number of piperidine rings is 1. The summed E-state index contributed by atoms with van der Waals surface area (Å²) in [5.41, 5.74) is 1.33. The largest absolute Gasteiger partial charge is 0.444 e. The Hall–Kier alpha value is -1.95. The van der Waals surface area contributed by atoms with E-state index in [9.17, 15) is 9.90 Å². The summed E-state index contributed by atoms with van der Waals surface area (Å²) in [7, 11) is 0. The van der Waals surface area contributed by atoms with Crippen LogP contribution in [0.25, 0.3) is 21.8 Å². The number of ether oxygens (including phenoxy) is 1. The maximum absolute atomic E-state index is 12.6. The standard InChI is InChI=1S/C22H24Cl2N2O3/c1-22(2,3)29-21(28)25-9-8-20(27)19(12-25)26-17-6-4-13(23)10-15(17)16-11-14(24)5-7-18(16)26/h4-7,10-11,19-20,27H,8-9,12H2,1-3H3/t19-,20-/m1/s1. The lowest BCUT2D eigenvalue weighted by Gasteiger charge is -2.38. The van der Waals surface area contributed by atoms with Crippen LogP contribution in [0.3, 0.4) is 0 Å². The van der Waals surface area contributed by atoms with Crippen LogP contribution in [0.1, 0.15) is 33.2 Å². The molecule has 0 aliphatic carbocycles. The Balaban J connectivity index is 1.80. The maximum atomic E-state index is 12.6. The molecule has 1 aromatic heterocycles. The van der Waals surface area contributed by atoms with Gasteiger partial charge >= 0.3 is 6.09 Å². The molecule has 4 rings (SSSR count). The summed E-state index contributed by atoms with van der Waals surface area (Å²) in [6, 6.07) is 11.1. The molecule has 29 heavy (non-hydrogen) atoms. The lowest BCUT2D eigenvalue weighted by atomic mass is 10.0. The minimum atomic E-state index is -0.584. The zero-order valence-electron chi connectivity index (χ0n) is 16.7. The van der Waals surface area contributed by atoms with E-state index in [4.69, 9.17) is 27.9 Å². The number of halogens is 2. The second-order valence-electron chi connectivity index (χ2n) is 8.54. The van der Waals surface area contributed by atoms with Gasteiger partial charge in [0, 0.05) is 44.9 Å². The number of nitrogens with zero attached hydrogens (tertiary/aromatic N) is 2. The number of hydrogen-bond acceptors (Lipinski definition) is 3. The highest BCUT2D eigenvalue weighted by atomic mass is 35.5. The van der Waals surface area contributed by atoms with E-state index in [0.717, 1.165) is 21.8 Å². The van der Waals surface area contributed by atoms with E-state index >= 15 is 0 Å².